The second kappa shape index (κ2) is 6.83. The number of rotatable bonds is 4. The Kier molecular flexibility index (Phi) is 5.09. The molecule has 6 heteroatoms. The number of carbonyl (C=O) groups excluding carboxylic acids is 1. The van der Waals surface area contributed by atoms with Gasteiger partial charge in [0.1, 0.15) is 0 Å². The van der Waals surface area contributed by atoms with Crippen molar-refractivity contribution in [2.75, 3.05) is 10.6 Å². The lowest BCUT2D eigenvalue weighted by atomic mass is 10.1. The molecule has 21 heavy (non-hydrogen) atoms. The van der Waals surface area contributed by atoms with Gasteiger partial charge < -0.3 is 16.4 Å². The number of benzene rings is 2. The van der Waals surface area contributed by atoms with E-state index in [2.05, 4.69) is 26.6 Å². The predicted octanol–water partition coefficient (Wildman–Crippen LogP) is 4.77. The molecule has 0 aromatic heterocycles. The molecular weight excluding hydrogens is 354 g/mol. The molecule has 2 rings (SSSR count). The Hall–Kier alpha value is -1.72. The molecular formula is C15H15BrClN3O. The highest BCUT2D eigenvalue weighted by Gasteiger charge is 2.08. The highest BCUT2D eigenvalue weighted by molar-refractivity contribution is 9.10. The number of hydrogen-bond acceptors (Lipinski definition) is 2. The van der Waals surface area contributed by atoms with Crippen LogP contribution in [-0.2, 0) is 0 Å². The monoisotopic (exact) mass is 367 g/mol. The topological polar surface area (TPSA) is 67.2 Å². The molecule has 4 N–H and O–H groups in total. The Labute approximate surface area is 136 Å². The number of amides is 2. The molecule has 0 aliphatic carbocycles. The Morgan fingerprint density at radius 2 is 1.90 bits per heavy atom. The number of nitrogens with two attached hydrogens (primary N) is 1. The maximum Gasteiger partial charge on any atom is 0.316 e. The fourth-order valence-electron chi connectivity index (χ4n) is 1.92. The summed E-state index contributed by atoms with van der Waals surface area (Å²) >= 11 is 9.59. The fraction of sp³-hybridized carbons (Fsp3) is 0.133. The second-order valence-electron chi connectivity index (χ2n) is 4.60. The third-order valence-corrected chi connectivity index (χ3v) is 3.80. The van der Waals surface area contributed by atoms with Crippen LogP contribution in [0.2, 0.25) is 5.02 Å². The quantitative estimate of drug-likeness (QED) is 0.728. The van der Waals surface area contributed by atoms with Crippen molar-refractivity contribution in [3.05, 3.63) is 57.5 Å². The summed E-state index contributed by atoms with van der Waals surface area (Å²) in [5, 5.41) is 6.55. The lowest BCUT2D eigenvalue weighted by molar-refractivity contribution is 0.259. The minimum atomic E-state index is -0.574. The smallest absolute Gasteiger partial charge is 0.316 e. The van der Waals surface area contributed by atoms with Gasteiger partial charge in [0.25, 0.3) is 0 Å². The van der Waals surface area contributed by atoms with E-state index in [9.17, 15) is 4.79 Å². The summed E-state index contributed by atoms with van der Waals surface area (Å²) in [7, 11) is 0. The molecule has 2 aromatic rings. The number of halogens is 2. The van der Waals surface area contributed by atoms with Crippen LogP contribution >= 0.6 is 27.5 Å². The van der Waals surface area contributed by atoms with Gasteiger partial charge in [0, 0.05) is 16.2 Å². The minimum Gasteiger partial charge on any atom is -0.377 e. The molecule has 110 valence electrons. The van der Waals surface area contributed by atoms with Crippen LogP contribution in [-0.4, -0.2) is 6.03 Å². The van der Waals surface area contributed by atoms with E-state index in [0.29, 0.717) is 10.7 Å². The summed E-state index contributed by atoms with van der Waals surface area (Å²) < 4.78 is 0.961. The van der Waals surface area contributed by atoms with Crippen molar-refractivity contribution in [1.29, 1.82) is 0 Å². The first-order chi connectivity index (χ1) is 9.95. The van der Waals surface area contributed by atoms with Crippen LogP contribution in [0.5, 0.6) is 0 Å². The summed E-state index contributed by atoms with van der Waals surface area (Å²) in [5.74, 6) is 0. The van der Waals surface area contributed by atoms with Gasteiger partial charge in [-0.2, -0.15) is 0 Å². The lowest BCUT2D eigenvalue weighted by Gasteiger charge is -2.17. The van der Waals surface area contributed by atoms with Crippen molar-refractivity contribution in [2.45, 2.75) is 13.0 Å². The second-order valence-corrected chi connectivity index (χ2v) is 5.92. The van der Waals surface area contributed by atoms with Crippen molar-refractivity contribution in [3.63, 3.8) is 0 Å². The molecule has 0 aliphatic rings. The maximum atomic E-state index is 10.8. The highest BCUT2D eigenvalue weighted by atomic mass is 79.9. The van der Waals surface area contributed by atoms with Gasteiger partial charge in [0.15, 0.2) is 0 Å². The molecule has 0 radical (unpaired) electrons. The lowest BCUT2D eigenvalue weighted by Crippen LogP contribution is -2.19. The van der Waals surface area contributed by atoms with Gasteiger partial charge in [-0.05, 0) is 42.8 Å². The normalized spacial score (nSPS) is 11.8. The zero-order chi connectivity index (χ0) is 15.4. The Morgan fingerprint density at radius 3 is 2.52 bits per heavy atom. The Balaban J connectivity index is 2.11. The number of anilines is 2. The summed E-state index contributed by atoms with van der Waals surface area (Å²) in [6.07, 6.45) is 0. The van der Waals surface area contributed by atoms with Gasteiger partial charge >= 0.3 is 6.03 Å². The molecule has 0 fully saturated rings. The van der Waals surface area contributed by atoms with E-state index >= 15 is 0 Å². The van der Waals surface area contributed by atoms with E-state index < -0.39 is 6.03 Å². The molecule has 0 heterocycles. The summed E-state index contributed by atoms with van der Waals surface area (Å²) in [6.45, 7) is 2.04. The van der Waals surface area contributed by atoms with Crippen LogP contribution in [0.3, 0.4) is 0 Å². The van der Waals surface area contributed by atoms with E-state index in [1.54, 1.807) is 12.1 Å². The molecule has 0 saturated heterocycles. The SMILES string of the molecule is CC(Nc1cc(Br)ccc1Cl)c1ccc(NC(N)=O)cc1. The highest BCUT2D eigenvalue weighted by Crippen LogP contribution is 2.29. The van der Waals surface area contributed by atoms with Crippen LogP contribution in [0, 0.1) is 0 Å². The number of primary amides is 1. The Bertz CT molecular complexity index is 646. The molecule has 2 aromatic carbocycles. The largest absolute Gasteiger partial charge is 0.377 e. The van der Waals surface area contributed by atoms with Gasteiger partial charge in [-0.3, -0.25) is 0 Å². The molecule has 1 unspecified atom stereocenters. The van der Waals surface area contributed by atoms with Crippen molar-refractivity contribution in [3.8, 4) is 0 Å². The number of carbonyl (C=O) groups is 1. The standard InChI is InChI=1S/C15H15BrClN3O/c1-9(19-14-8-11(16)4-7-13(14)17)10-2-5-12(6-3-10)20-15(18)21/h2-9,19H,1H3,(H3,18,20,21). The van der Waals surface area contributed by atoms with Crippen molar-refractivity contribution in [1.82, 2.24) is 0 Å². The summed E-state index contributed by atoms with van der Waals surface area (Å²) in [5.41, 5.74) is 7.67. The Morgan fingerprint density at radius 1 is 1.24 bits per heavy atom. The first kappa shape index (κ1) is 15.7. The van der Waals surface area contributed by atoms with E-state index in [1.807, 2.05) is 37.3 Å². The van der Waals surface area contributed by atoms with Gasteiger partial charge in [-0.25, -0.2) is 4.79 Å². The fourth-order valence-corrected chi connectivity index (χ4v) is 2.46. The molecule has 0 aliphatic heterocycles. The van der Waals surface area contributed by atoms with E-state index in [1.165, 1.54) is 0 Å². The van der Waals surface area contributed by atoms with Gasteiger partial charge in [-0.1, -0.05) is 39.7 Å². The minimum absolute atomic E-state index is 0.0689. The molecule has 4 nitrogen and oxygen atoms in total. The molecule has 0 bridgehead atoms. The molecule has 1 atom stereocenters. The zero-order valence-corrected chi connectivity index (χ0v) is 13.7. The average Bonchev–Trinajstić information content (AvgIpc) is 2.43. The third-order valence-electron chi connectivity index (χ3n) is 2.98. The van der Waals surface area contributed by atoms with Crippen LogP contribution in [0.4, 0.5) is 16.2 Å². The summed E-state index contributed by atoms with van der Waals surface area (Å²) in [4.78, 5) is 10.8. The van der Waals surface area contributed by atoms with E-state index in [4.69, 9.17) is 17.3 Å². The molecule has 2 amide bonds. The van der Waals surface area contributed by atoms with Crippen LogP contribution in [0.1, 0.15) is 18.5 Å². The van der Waals surface area contributed by atoms with Crippen LogP contribution in [0.15, 0.2) is 46.9 Å². The average molecular weight is 369 g/mol. The molecule has 0 spiro atoms. The first-order valence-electron chi connectivity index (χ1n) is 6.33. The van der Waals surface area contributed by atoms with Crippen molar-refractivity contribution >= 4 is 44.9 Å². The molecule has 0 saturated carbocycles. The van der Waals surface area contributed by atoms with E-state index in [0.717, 1.165) is 15.7 Å². The predicted molar refractivity (Wildman–Crippen MR) is 90.8 cm³/mol. The van der Waals surface area contributed by atoms with Crippen molar-refractivity contribution in [2.24, 2.45) is 5.73 Å². The third kappa shape index (κ3) is 4.37. The number of hydrogen-bond donors (Lipinski definition) is 3. The van der Waals surface area contributed by atoms with Crippen LogP contribution in [0.25, 0.3) is 0 Å². The van der Waals surface area contributed by atoms with Gasteiger partial charge in [0.2, 0.25) is 0 Å². The van der Waals surface area contributed by atoms with Gasteiger partial charge in [-0.15, -0.1) is 0 Å². The first-order valence-corrected chi connectivity index (χ1v) is 7.51. The number of urea groups is 1. The summed E-state index contributed by atoms with van der Waals surface area (Å²) in [6, 6.07) is 12.6. The van der Waals surface area contributed by atoms with Gasteiger partial charge in [0.05, 0.1) is 10.7 Å². The van der Waals surface area contributed by atoms with Crippen molar-refractivity contribution < 1.29 is 4.79 Å². The van der Waals surface area contributed by atoms with E-state index in [-0.39, 0.29) is 6.04 Å². The zero-order valence-electron chi connectivity index (χ0n) is 11.4. The van der Waals surface area contributed by atoms with Crippen LogP contribution < -0.4 is 16.4 Å². The number of nitrogens with one attached hydrogen (secondary N) is 2. The maximum absolute atomic E-state index is 10.8.